The summed E-state index contributed by atoms with van der Waals surface area (Å²) in [5.41, 5.74) is 0.201. The molecule has 0 bridgehead atoms. The molecule has 148 valence electrons. The number of fused-ring (bicyclic) bond motifs is 1. The van der Waals surface area contributed by atoms with Gasteiger partial charge >= 0.3 is 6.18 Å². The number of carbonyl (C=O) groups excluding carboxylic acids is 1. The Morgan fingerprint density at radius 1 is 1.14 bits per heavy atom. The number of nitrogens with zero attached hydrogens (tertiary/aromatic N) is 3. The first-order chi connectivity index (χ1) is 13.9. The van der Waals surface area contributed by atoms with Crippen LogP contribution in [0, 0.1) is 0 Å². The first-order valence-corrected chi connectivity index (χ1v) is 9.93. The maximum atomic E-state index is 13.7. The minimum absolute atomic E-state index is 0.00160. The van der Waals surface area contributed by atoms with Crippen LogP contribution in [-0.2, 0) is 11.0 Å². The van der Waals surface area contributed by atoms with Gasteiger partial charge in [0.15, 0.2) is 5.78 Å². The average molecular weight is 416 g/mol. The van der Waals surface area contributed by atoms with Crippen LogP contribution in [0.1, 0.15) is 40.8 Å². The molecule has 1 aromatic carbocycles. The van der Waals surface area contributed by atoms with Crippen LogP contribution >= 0.6 is 11.3 Å². The first kappa shape index (κ1) is 18.1. The van der Waals surface area contributed by atoms with Crippen LogP contribution in [0.25, 0.3) is 0 Å². The third kappa shape index (κ3) is 2.96. The Kier molecular flexibility index (Phi) is 4.09. The monoisotopic (exact) mass is 416 g/mol. The number of rotatable bonds is 2. The van der Waals surface area contributed by atoms with Crippen LogP contribution in [0.3, 0.4) is 0 Å². The summed E-state index contributed by atoms with van der Waals surface area (Å²) in [6.07, 6.45) is -2.46. The molecule has 0 saturated heterocycles. The van der Waals surface area contributed by atoms with E-state index in [-0.39, 0.29) is 23.7 Å². The van der Waals surface area contributed by atoms with Crippen LogP contribution < -0.4 is 5.32 Å². The van der Waals surface area contributed by atoms with E-state index < -0.39 is 17.8 Å². The fourth-order valence-electron chi connectivity index (χ4n) is 4.16. The van der Waals surface area contributed by atoms with E-state index in [0.717, 1.165) is 10.9 Å². The fourth-order valence-corrected chi connectivity index (χ4v) is 4.99. The quantitative estimate of drug-likeness (QED) is 0.654. The molecule has 2 atom stereocenters. The molecule has 1 aliphatic carbocycles. The Bertz CT molecular complexity index is 1120. The molecule has 2 aliphatic rings. The van der Waals surface area contributed by atoms with E-state index in [1.54, 1.807) is 17.4 Å². The van der Waals surface area contributed by atoms with Crippen molar-refractivity contribution in [3.8, 4) is 0 Å². The van der Waals surface area contributed by atoms with Gasteiger partial charge in [-0.3, -0.25) is 4.79 Å². The molecular weight excluding hydrogens is 401 g/mol. The largest absolute Gasteiger partial charge is 0.416 e. The van der Waals surface area contributed by atoms with Crippen molar-refractivity contribution in [1.29, 1.82) is 0 Å². The number of thiophene rings is 1. The summed E-state index contributed by atoms with van der Waals surface area (Å²) >= 11 is 1.58. The van der Waals surface area contributed by atoms with Crippen molar-refractivity contribution < 1.29 is 18.0 Å². The maximum Gasteiger partial charge on any atom is 0.416 e. The molecule has 2 aromatic heterocycles. The molecule has 0 fully saturated rings. The Morgan fingerprint density at radius 2 is 1.97 bits per heavy atom. The van der Waals surface area contributed by atoms with Gasteiger partial charge < -0.3 is 5.32 Å². The van der Waals surface area contributed by atoms with Gasteiger partial charge in [0.1, 0.15) is 12.4 Å². The van der Waals surface area contributed by atoms with E-state index in [1.165, 1.54) is 23.1 Å². The normalized spacial score (nSPS) is 21.6. The van der Waals surface area contributed by atoms with E-state index >= 15 is 0 Å². The van der Waals surface area contributed by atoms with Gasteiger partial charge in [0.25, 0.3) is 0 Å². The first-order valence-electron chi connectivity index (χ1n) is 9.06. The van der Waals surface area contributed by atoms with Crippen LogP contribution in [0.5, 0.6) is 0 Å². The fraction of sp³-hybridized carbons (Fsp3) is 0.250. The number of anilines is 1. The molecule has 0 amide bonds. The molecule has 5 nitrogen and oxygen atoms in total. The molecule has 3 aromatic rings. The second kappa shape index (κ2) is 6.55. The van der Waals surface area contributed by atoms with Crippen LogP contribution in [0.4, 0.5) is 19.1 Å². The summed E-state index contributed by atoms with van der Waals surface area (Å²) in [6.45, 7) is 0. The number of carbonyl (C=O) groups is 1. The highest BCUT2D eigenvalue weighted by Crippen LogP contribution is 2.46. The molecule has 3 heterocycles. The van der Waals surface area contributed by atoms with Gasteiger partial charge in [-0.1, -0.05) is 24.3 Å². The SMILES string of the molecule is O=C1C[C@@H](c2cccs2)CC2=C1[C@@H](c1ccccc1C(F)(F)F)n1ncnc1N2. The number of aromatic nitrogens is 3. The van der Waals surface area contributed by atoms with Crippen molar-refractivity contribution in [2.45, 2.75) is 31.0 Å². The molecule has 0 saturated carbocycles. The summed E-state index contributed by atoms with van der Waals surface area (Å²) in [5, 5.41) is 9.21. The van der Waals surface area contributed by atoms with E-state index in [4.69, 9.17) is 0 Å². The minimum atomic E-state index is -4.54. The second-order valence-corrected chi connectivity index (χ2v) is 8.06. The highest BCUT2D eigenvalue weighted by molar-refractivity contribution is 7.10. The molecule has 9 heteroatoms. The molecule has 1 N–H and O–H groups in total. The molecule has 0 spiro atoms. The summed E-state index contributed by atoms with van der Waals surface area (Å²) < 4.78 is 42.5. The predicted molar refractivity (Wildman–Crippen MR) is 102 cm³/mol. The zero-order valence-corrected chi connectivity index (χ0v) is 15.8. The molecule has 0 unspecified atom stereocenters. The number of hydrogen-bond donors (Lipinski definition) is 1. The molecular formula is C20H15F3N4OS. The Hall–Kier alpha value is -2.94. The minimum Gasteiger partial charge on any atom is -0.328 e. The lowest BCUT2D eigenvalue weighted by atomic mass is 9.79. The van der Waals surface area contributed by atoms with Crippen LogP contribution in [0.15, 0.2) is 59.4 Å². The number of Topliss-reactive ketones (excluding diaryl/α,β-unsaturated/α-hetero) is 1. The van der Waals surface area contributed by atoms with Gasteiger partial charge in [-0.15, -0.1) is 11.3 Å². The zero-order valence-electron chi connectivity index (χ0n) is 15.0. The number of hydrogen-bond acceptors (Lipinski definition) is 5. The lowest BCUT2D eigenvalue weighted by Crippen LogP contribution is -2.34. The van der Waals surface area contributed by atoms with Gasteiger partial charge in [0.2, 0.25) is 5.95 Å². The number of alkyl halides is 3. The number of ketones is 1. The van der Waals surface area contributed by atoms with Crippen molar-refractivity contribution in [1.82, 2.24) is 14.8 Å². The lowest BCUT2D eigenvalue weighted by molar-refractivity contribution is -0.138. The number of nitrogens with one attached hydrogen (secondary N) is 1. The molecule has 0 radical (unpaired) electrons. The topological polar surface area (TPSA) is 59.8 Å². The zero-order chi connectivity index (χ0) is 20.2. The number of halogens is 3. The van der Waals surface area contributed by atoms with Crippen molar-refractivity contribution in [2.24, 2.45) is 0 Å². The maximum absolute atomic E-state index is 13.7. The number of allylic oxidation sites excluding steroid dienone is 2. The van der Waals surface area contributed by atoms with Crippen LogP contribution in [-0.4, -0.2) is 20.5 Å². The standard InChI is InChI=1S/C20H15F3N4OS/c21-20(22,23)13-5-2-1-4-12(13)18-17-14(26-19-24-10-25-27(18)19)8-11(9-15(17)28)16-6-3-7-29-16/h1-7,10-11,18H,8-9H2,(H,24,25,26)/t11-,18+/m0/s1. The highest BCUT2D eigenvalue weighted by Gasteiger charge is 2.43. The van der Waals surface area contributed by atoms with E-state index in [9.17, 15) is 18.0 Å². The highest BCUT2D eigenvalue weighted by atomic mass is 32.1. The van der Waals surface area contributed by atoms with E-state index in [2.05, 4.69) is 15.4 Å². The Morgan fingerprint density at radius 3 is 2.72 bits per heavy atom. The summed E-state index contributed by atoms with van der Waals surface area (Å²) in [6, 6.07) is 8.30. The number of benzene rings is 1. The summed E-state index contributed by atoms with van der Waals surface area (Å²) in [5.74, 6) is 0.173. The van der Waals surface area contributed by atoms with Crippen molar-refractivity contribution in [3.63, 3.8) is 0 Å². The Labute approximate surface area is 167 Å². The van der Waals surface area contributed by atoms with Gasteiger partial charge in [0.05, 0.1) is 5.56 Å². The molecule has 29 heavy (non-hydrogen) atoms. The van der Waals surface area contributed by atoms with Gasteiger partial charge in [-0.05, 0) is 29.5 Å². The van der Waals surface area contributed by atoms with Crippen LogP contribution in [0.2, 0.25) is 0 Å². The van der Waals surface area contributed by atoms with E-state index in [0.29, 0.717) is 23.6 Å². The van der Waals surface area contributed by atoms with Crippen molar-refractivity contribution in [2.75, 3.05) is 5.32 Å². The van der Waals surface area contributed by atoms with Crippen molar-refractivity contribution >= 4 is 23.1 Å². The molecule has 1 aliphatic heterocycles. The second-order valence-electron chi connectivity index (χ2n) is 7.08. The van der Waals surface area contributed by atoms with Gasteiger partial charge in [-0.25, -0.2) is 4.68 Å². The lowest BCUT2D eigenvalue weighted by Gasteiger charge is -2.35. The smallest absolute Gasteiger partial charge is 0.328 e. The predicted octanol–water partition coefficient (Wildman–Crippen LogP) is 4.77. The van der Waals surface area contributed by atoms with E-state index in [1.807, 2.05) is 17.5 Å². The van der Waals surface area contributed by atoms with Crippen molar-refractivity contribution in [3.05, 3.63) is 75.4 Å². The molecule has 5 rings (SSSR count). The third-order valence-corrected chi connectivity index (χ3v) is 6.40. The average Bonchev–Trinajstić information content (AvgIpc) is 3.37. The Balaban J connectivity index is 1.67. The van der Waals surface area contributed by atoms with Gasteiger partial charge in [0, 0.05) is 28.5 Å². The summed E-state index contributed by atoms with van der Waals surface area (Å²) in [7, 11) is 0. The third-order valence-electron chi connectivity index (χ3n) is 5.37. The van der Waals surface area contributed by atoms with Gasteiger partial charge in [-0.2, -0.15) is 23.3 Å². The summed E-state index contributed by atoms with van der Waals surface area (Å²) in [4.78, 5) is 18.4.